The third-order valence-corrected chi connectivity index (χ3v) is 6.16. The SMILES string of the molecule is COCCOc1ccc(NC(C)C(=O)Nc2sc3c(c2C#N)CCCCC3)cc1. The molecule has 29 heavy (non-hydrogen) atoms. The lowest BCUT2D eigenvalue weighted by Crippen LogP contribution is -2.31. The number of hydrogen-bond donors (Lipinski definition) is 2. The summed E-state index contributed by atoms with van der Waals surface area (Å²) in [7, 11) is 1.63. The average molecular weight is 414 g/mol. The van der Waals surface area contributed by atoms with Crippen LogP contribution in [0.25, 0.3) is 0 Å². The molecule has 1 aliphatic rings. The number of aryl methyl sites for hydroxylation is 1. The summed E-state index contributed by atoms with van der Waals surface area (Å²) in [6.07, 6.45) is 5.38. The Morgan fingerprint density at radius 2 is 1.97 bits per heavy atom. The molecule has 7 heteroatoms. The molecule has 1 unspecified atom stereocenters. The molecule has 1 aliphatic carbocycles. The predicted octanol–water partition coefficient (Wildman–Crippen LogP) is 4.35. The second-order valence-electron chi connectivity index (χ2n) is 7.10. The Bertz CT molecular complexity index is 871. The van der Waals surface area contributed by atoms with Crippen LogP contribution in [-0.4, -0.2) is 32.3 Å². The fraction of sp³-hybridized carbons (Fsp3) is 0.455. The van der Waals surface area contributed by atoms with E-state index in [1.54, 1.807) is 18.4 Å². The summed E-state index contributed by atoms with van der Waals surface area (Å²) < 4.78 is 10.5. The number of benzene rings is 1. The number of nitrogens with zero attached hydrogens (tertiary/aromatic N) is 1. The summed E-state index contributed by atoms with van der Waals surface area (Å²) in [5.41, 5.74) is 2.61. The highest BCUT2D eigenvalue weighted by Gasteiger charge is 2.22. The third kappa shape index (κ3) is 5.49. The van der Waals surface area contributed by atoms with Crippen LogP contribution in [0.4, 0.5) is 10.7 Å². The fourth-order valence-electron chi connectivity index (χ4n) is 3.37. The topological polar surface area (TPSA) is 83.4 Å². The summed E-state index contributed by atoms with van der Waals surface area (Å²) in [5.74, 6) is 0.599. The molecule has 6 nitrogen and oxygen atoms in total. The van der Waals surface area contributed by atoms with Gasteiger partial charge in [0.05, 0.1) is 12.2 Å². The first-order chi connectivity index (χ1) is 14.1. The van der Waals surface area contributed by atoms with Crippen LogP contribution in [0.5, 0.6) is 5.75 Å². The van der Waals surface area contributed by atoms with E-state index in [1.807, 2.05) is 31.2 Å². The molecule has 0 bridgehead atoms. The molecule has 0 aliphatic heterocycles. The molecule has 0 saturated carbocycles. The average Bonchev–Trinajstić information content (AvgIpc) is 2.88. The van der Waals surface area contributed by atoms with Gasteiger partial charge in [-0.2, -0.15) is 5.26 Å². The first kappa shape index (κ1) is 21.2. The number of fused-ring (bicyclic) bond motifs is 1. The minimum absolute atomic E-state index is 0.154. The molecular formula is C22H27N3O3S. The molecule has 1 heterocycles. The van der Waals surface area contributed by atoms with Crippen molar-refractivity contribution in [2.45, 2.75) is 45.1 Å². The Morgan fingerprint density at radius 3 is 2.69 bits per heavy atom. The van der Waals surface area contributed by atoms with Gasteiger partial charge in [-0.3, -0.25) is 4.79 Å². The molecule has 0 saturated heterocycles. The van der Waals surface area contributed by atoms with Crippen molar-refractivity contribution < 1.29 is 14.3 Å². The lowest BCUT2D eigenvalue weighted by molar-refractivity contribution is -0.116. The van der Waals surface area contributed by atoms with E-state index >= 15 is 0 Å². The van der Waals surface area contributed by atoms with Crippen molar-refractivity contribution in [2.24, 2.45) is 0 Å². The van der Waals surface area contributed by atoms with E-state index in [0.29, 0.717) is 23.8 Å². The zero-order chi connectivity index (χ0) is 20.6. The molecule has 1 aromatic heterocycles. The van der Waals surface area contributed by atoms with Crippen molar-refractivity contribution in [3.63, 3.8) is 0 Å². The summed E-state index contributed by atoms with van der Waals surface area (Å²) in [6.45, 7) is 2.84. The molecule has 154 valence electrons. The lowest BCUT2D eigenvalue weighted by Gasteiger charge is -2.15. The molecule has 2 aromatic rings. The third-order valence-electron chi connectivity index (χ3n) is 4.96. The Hall–Kier alpha value is -2.56. The number of ether oxygens (including phenoxy) is 2. The van der Waals surface area contributed by atoms with Gasteiger partial charge < -0.3 is 20.1 Å². The number of carbonyl (C=O) groups is 1. The number of rotatable bonds is 8. The quantitative estimate of drug-likeness (QED) is 0.496. The van der Waals surface area contributed by atoms with Crippen molar-refractivity contribution in [3.8, 4) is 11.8 Å². The van der Waals surface area contributed by atoms with Crippen LogP contribution in [-0.2, 0) is 22.4 Å². The fourth-order valence-corrected chi connectivity index (χ4v) is 4.62. The number of nitriles is 1. The van der Waals surface area contributed by atoms with Gasteiger partial charge in [0, 0.05) is 17.7 Å². The van der Waals surface area contributed by atoms with Crippen LogP contribution in [0.2, 0.25) is 0 Å². The lowest BCUT2D eigenvalue weighted by atomic mass is 10.1. The highest BCUT2D eigenvalue weighted by Crippen LogP contribution is 2.37. The van der Waals surface area contributed by atoms with Gasteiger partial charge in [0.25, 0.3) is 0 Å². The Morgan fingerprint density at radius 1 is 1.21 bits per heavy atom. The van der Waals surface area contributed by atoms with Crippen molar-refractivity contribution >= 4 is 27.9 Å². The van der Waals surface area contributed by atoms with Gasteiger partial charge in [-0.15, -0.1) is 11.3 Å². The van der Waals surface area contributed by atoms with E-state index in [0.717, 1.165) is 42.7 Å². The number of amides is 1. The zero-order valence-corrected chi connectivity index (χ0v) is 17.7. The van der Waals surface area contributed by atoms with E-state index in [1.165, 1.54) is 11.3 Å². The Kier molecular flexibility index (Phi) is 7.50. The second kappa shape index (κ2) is 10.3. The van der Waals surface area contributed by atoms with Gasteiger partial charge in [0.1, 0.15) is 29.5 Å². The predicted molar refractivity (Wildman–Crippen MR) is 116 cm³/mol. The minimum atomic E-state index is -0.441. The van der Waals surface area contributed by atoms with Crippen molar-refractivity contribution in [1.82, 2.24) is 0 Å². The van der Waals surface area contributed by atoms with Crippen LogP contribution in [0, 0.1) is 11.3 Å². The highest BCUT2D eigenvalue weighted by atomic mass is 32.1. The van der Waals surface area contributed by atoms with E-state index < -0.39 is 6.04 Å². The minimum Gasteiger partial charge on any atom is -0.491 e. The summed E-state index contributed by atoms with van der Waals surface area (Å²) >= 11 is 1.55. The largest absolute Gasteiger partial charge is 0.491 e. The van der Waals surface area contributed by atoms with Crippen LogP contribution >= 0.6 is 11.3 Å². The van der Waals surface area contributed by atoms with Crippen LogP contribution < -0.4 is 15.4 Å². The van der Waals surface area contributed by atoms with Crippen LogP contribution in [0.15, 0.2) is 24.3 Å². The maximum Gasteiger partial charge on any atom is 0.247 e. The summed E-state index contributed by atoms with van der Waals surface area (Å²) in [6, 6.07) is 9.32. The monoisotopic (exact) mass is 413 g/mol. The van der Waals surface area contributed by atoms with Crippen LogP contribution in [0.1, 0.15) is 42.2 Å². The molecule has 3 rings (SSSR count). The Labute approximate surface area is 175 Å². The number of thiophene rings is 1. The maximum absolute atomic E-state index is 12.7. The van der Waals surface area contributed by atoms with Gasteiger partial charge in [0.2, 0.25) is 5.91 Å². The van der Waals surface area contributed by atoms with Gasteiger partial charge >= 0.3 is 0 Å². The zero-order valence-electron chi connectivity index (χ0n) is 16.9. The number of hydrogen-bond acceptors (Lipinski definition) is 6. The molecule has 0 fully saturated rings. The first-order valence-corrected chi connectivity index (χ1v) is 10.8. The summed E-state index contributed by atoms with van der Waals surface area (Å²) in [5, 5.41) is 16.5. The van der Waals surface area contributed by atoms with Gasteiger partial charge in [0.15, 0.2) is 0 Å². The van der Waals surface area contributed by atoms with Crippen molar-refractivity contribution in [2.75, 3.05) is 31.0 Å². The van der Waals surface area contributed by atoms with Crippen molar-refractivity contribution in [3.05, 3.63) is 40.3 Å². The molecule has 1 atom stereocenters. The number of anilines is 2. The normalized spacial score (nSPS) is 14.2. The second-order valence-corrected chi connectivity index (χ2v) is 8.21. The van der Waals surface area contributed by atoms with Crippen molar-refractivity contribution in [1.29, 1.82) is 5.26 Å². The van der Waals surface area contributed by atoms with Gasteiger partial charge in [-0.25, -0.2) is 0 Å². The summed E-state index contributed by atoms with van der Waals surface area (Å²) in [4.78, 5) is 13.9. The van der Waals surface area contributed by atoms with Gasteiger partial charge in [-0.05, 0) is 62.4 Å². The molecular weight excluding hydrogens is 386 g/mol. The van der Waals surface area contributed by atoms with E-state index in [2.05, 4.69) is 16.7 Å². The highest BCUT2D eigenvalue weighted by molar-refractivity contribution is 7.16. The van der Waals surface area contributed by atoms with E-state index in [-0.39, 0.29) is 5.91 Å². The molecule has 2 N–H and O–H groups in total. The van der Waals surface area contributed by atoms with E-state index in [9.17, 15) is 10.1 Å². The standard InChI is InChI=1S/C22H27N3O3S/c1-15(24-16-8-10-17(11-9-16)28-13-12-27-2)21(26)25-22-19(14-23)18-6-4-3-5-7-20(18)29-22/h8-11,15,24H,3-7,12-13H2,1-2H3,(H,25,26). The Balaban J connectivity index is 1.60. The number of methoxy groups -OCH3 is 1. The molecule has 1 aromatic carbocycles. The maximum atomic E-state index is 12.7. The molecule has 0 spiro atoms. The molecule has 0 radical (unpaired) electrons. The van der Waals surface area contributed by atoms with Gasteiger partial charge in [-0.1, -0.05) is 6.42 Å². The number of nitrogens with one attached hydrogen (secondary N) is 2. The first-order valence-electron chi connectivity index (χ1n) is 9.96. The smallest absolute Gasteiger partial charge is 0.247 e. The van der Waals surface area contributed by atoms with Crippen LogP contribution in [0.3, 0.4) is 0 Å². The number of carbonyl (C=O) groups excluding carboxylic acids is 1. The van der Waals surface area contributed by atoms with E-state index in [4.69, 9.17) is 9.47 Å². The molecule has 1 amide bonds.